The van der Waals surface area contributed by atoms with Gasteiger partial charge in [-0.15, -0.1) is 0 Å². The molecule has 0 atom stereocenters. The minimum absolute atomic E-state index is 0.247. The Morgan fingerprint density at radius 3 is 2.14 bits per heavy atom. The van der Waals surface area contributed by atoms with E-state index in [9.17, 15) is 14.7 Å². The summed E-state index contributed by atoms with van der Waals surface area (Å²) in [6, 6.07) is 9.71. The summed E-state index contributed by atoms with van der Waals surface area (Å²) in [5.41, 5.74) is 0.491. The molecule has 0 saturated carbocycles. The van der Waals surface area contributed by atoms with Crippen molar-refractivity contribution in [1.82, 2.24) is 0 Å². The Balaban J connectivity index is 2.07. The molecule has 0 spiro atoms. The van der Waals surface area contributed by atoms with Gasteiger partial charge in [0, 0.05) is 16.4 Å². The van der Waals surface area contributed by atoms with Crippen LogP contribution in [0.5, 0.6) is 5.75 Å². The zero-order chi connectivity index (χ0) is 15.4. The van der Waals surface area contributed by atoms with Crippen LogP contribution in [-0.2, 0) is 0 Å². The van der Waals surface area contributed by atoms with Crippen LogP contribution in [0, 0.1) is 0 Å². The van der Waals surface area contributed by atoms with Gasteiger partial charge in [0.15, 0.2) is 0 Å². The average molecular weight is 307 g/mol. The molecule has 0 heterocycles. The van der Waals surface area contributed by atoms with Crippen molar-refractivity contribution in [3.05, 3.63) is 53.1 Å². The number of carbonyl (C=O) groups excluding carboxylic acids is 1. The molecule has 0 saturated heterocycles. The summed E-state index contributed by atoms with van der Waals surface area (Å²) in [5, 5.41) is 23.8. The van der Waals surface area contributed by atoms with Gasteiger partial charge in [-0.3, -0.25) is 0 Å². The monoisotopic (exact) mass is 306 g/mol. The van der Waals surface area contributed by atoms with E-state index in [4.69, 9.17) is 16.7 Å². The Hall–Kier alpha value is -2.73. The first-order valence-electron chi connectivity index (χ1n) is 5.85. The summed E-state index contributed by atoms with van der Waals surface area (Å²) >= 11 is 5.73. The van der Waals surface area contributed by atoms with E-state index in [1.165, 1.54) is 18.2 Å². The first kappa shape index (κ1) is 14.7. The van der Waals surface area contributed by atoms with E-state index in [-0.39, 0.29) is 17.0 Å². The fraction of sp³-hybridized carbons (Fsp3) is 0. The molecular weight excluding hydrogens is 296 g/mol. The summed E-state index contributed by atoms with van der Waals surface area (Å²) in [7, 11) is 0. The van der Waals surface area contributed by atoms with Crippen LogP contribution in [0.3, 0.4) is 0 Å². The summed E-state index contributed by atoms with van der Waals surface area (Å²) in [6.45, 7) is 0. The van der Waals surface area contributed by atoms with Crippen molar-refractivity contribution < 1.29 is 19.8 Å². The van der Waals surface area contributed by atoms with Gasteiger partial charge in [0.2, 0.25) is 0 Å². The maximum absolute atomic E-state index is 11.8. The smallest absolute Gasteiger partial charge is 0.339 e. The van der Waals surface area contributed by atoms with Crippen LogP contribution in [0.1, 0.15) is 10.4 Å². The number of amides is 2. The molecule has 4 N–H and O–H groups in total. The number of nitrogens with one attached hydrogen (secondary N) is 2. The Kier molecular flexibility index (Phi) is 4.30. The third kappa shape index (κ3) is 3.87. The van der Waals surface area contributed by atoms with E-state index in [0.29, 0.717) is 10.7 Å². The van der Waals surface area contributed by atoms with E-state index in [1.54, 1.807) is 24.3 Å². The molecule has 2 aromatic carbocycles. The van der Waals surface area contributed by atoms with E-state index in [1.807, 2.05) is 0 Å². The van der Waals surface area contributed by atoms with Gasteiger partial charge in [0.1, 0.15) is 11.3 Å². The number of carbonyl (C=O) groups is 2. The lowest BCUT2D eigenvalue weighted by Crippen LogP contribution is -2.19. The molecule has 0 fully saturated rings. The number of benzene rings is 2. The molecule has 2 rings (SSSR count). The number of urea groups is 1. The number of hydrogen-bond acceptors (Lipinski definition) is 3. The van der Waals surface area contributed by atoms with Crippen molar-refractivity contribution >= 4 is 35.0 Å². The molecule has 0 radical (unpaired) electrons. The normalized spacial score (nSPS) is 9.95. The number of aromatic hydroxyl groups is 1. The molecule has 108 valence electrons. The van der Waals surface area contributed by atoms with Crippen LogP contribution < -0.4 is 10.6 Å². The summed E-state index contributed by atoms with van der Waals surface area (Å²) in [4.78, 5) is 22.6. The van der Waals surface area contributed by atoms with Gasteiger partial charge in [-0.2, -0.15) is 0 Å². The molecule has 0 aromatic heterocycles. The number of rotatable bonds is 3. The molecule has 0 aliphatic rings. The second-order valence-electron chi connectivity index (χ2n) is 4.12. The number of anilines is 2. The first-order valence-corrected chi connectivity index (χ1v) is 6.23. The Morgan fingerprint density at radius 1 is 0.952 bits per heavy atom. The van der Waals surface area contributed by atoms with Crippen molar-refractivity contribution in [3.63, 3.8) is 0 Å². The number of halogens is 1. The van der Waals surface area contributed by atoms with Crippen LogP contribution >= 0.6 is 11.6 Å². The van der Waals surface area contributed by atoms with Gasteiger partial charge in [-0.05, 0) is 42.5 Å². The average Bonchev–Trinajstić information content (AvgIpc) is 2.43. The van der Waals surface area contributed by atoms with Gasteiger partial charge in [-0.25, -0.2) is 9.59 Å². The van der Waals surface area contributed by atoms with Crippen molar-refractivity contribution in [2.24, 2.45) is 0 Å². The third-order valence-corrected chi connectivity index (χ3v) is 2.84. The van der Waals surface area contributed by atoms with Gasteiger partial charge in [0.25, 0.3) is 0 Å². The van der Waals surface area contributed by atoms with Gasteiger partial charge in [-0.1, -0.05) is 11.6 Å². The maximum atomic E-state index is 11.8. The van der Waals surface area contributed by atoms with E-state index < -0.39 is 12.0 Å². The highest BCUT2D eigenvalue weighted by atomic mass is 35.5. The highest BCUT2D eigenvalue weighted by molar-refractivity contribution is 6.30. The number of carboxylic acid groups (broad SMARTS) is 1. The number of carboxylic acids is 1. The molecule has 6 nitrogen and oxygen atoms in total. The van der Waals surface area contributed by atoms with Gasteiger partial charge in [0.05, 0.1) is 0 Å². The summed E-state index contributed by atoms with van der Waals surface area (Å²) in [5.74, 6) is -1.65. The molecule has 0 bridgehead atoms. The van der Waals surface area contributed by atoms with E-state index in [0.717, 1.165) is 0 Å². The first-order chi connectivity index (χ1) is 9.95. The van der Waals surface area contributed by atoms with Crippen molar-refractivity contribution in [2.75, 3.05) is 10.6 Å². The molecule has 0 aliphatic carbocycles. The molecule has 21 heavy (non-hydrogen) atoms. The van der Waals surface area contributed by atoms with Crippen LogP contribution in [0.25, 0.3) is 0 Å². The highest BCUT2D eigenvalue weighted by Gasteiger charge is 2.11. The number of aromatic carboxylic acids is 1. The SMILES string of the molecule is O=C(Nc1ccc(Cl)cc1)Nc1ccc(O)c(C(=O)O)c1. The predicted molar refractivity (Wildman–Crippen MR) is 79.2 cm³/mol. The summed E-state index contributed by atoms with van der Waals surface area (Å²) < 4.78 is 0. The standard InChI is InChI=1S/C14H11ClN2O4/c15-8-1-3-9(4-2-8)16-14(21)17-10-5-6-12(18)11(7-10)13(19)20/h1-7,18H,(H,19,20)(H2,16,17,21). The molecule has 2 amide bonds. The van der Waals surface area contributed by atoms with E-state index in [2.05, 4.69) is 10.6 Å². The lowest BCUT2D eigenvalue weighted by atomic mass is 10.2. The Labute approximate surface area is 125 Å². The Morgan fingerprint density at radius 2 is 1.52 bits per heavy atom. The van der Waals surface area contributed by atoms with Crippen molar-refractivity contribution in [3.8, 4) is 5.75 Å². The maximum Gasteiger partial charge on any atom is 0.339 e. The highest BCUT2D eigenvalue weighted by Crippen LogP contribution is 2.21. The molecule has 7 heteroatoms. The van der Waals surface area contributed by atoms with E-state index >= 15 is 0 Å². The van der Waals surface area contributed by atoms with Gasteiger partial charge < -0.3 is 20.8 Å². The molecule has 2 aromatic rings. The van der Waals surface area contributed by atoms with Crippen LogP contribution in [-0.4, -0.2) is 22.2 Å². The minimum atomic E-state index is -1.28. The zero-order valence-corrected chi connectivity index (χ0v) is 11.4. The van der Waals surface area contributed by atoms with Crippen LogP contribution in [0.4, 0.5) is 16.2 Å². The largest absolute Gasteiger partial charge is 0.507 e. The predicted octanol–water partition coefficient (Wildman–Crippen LogP) is 3.39. The lowest BCUT2D eigenvalue weighted by Gasteiger charge is -2.09. The lowest BCUT2D eigenvalue weighted by molar-refractivity contribution is 0.0693. The van der Waals surface area contributed by atoms with Crippen molar-refractivity contribution in [2.45, 2.75) is 0 Å². The number of phenols is 1. The van der Waals surface area contributed by atoms with Crippen LogP contribution in [0.15, 0.2) is 42.5 Å². The quantitative estimate of drug-likeness (QED) is 0.653. The molecular formula is C14H11ClN2O4. The third-order valence-electron chi connectivity index (χ3n) is 2.59. The topological polar surface area (TPSA) is 98.7 Å². The molecule has 0 aliphatic heterocycles. The van der Waals surface area contributed by atoms with Gasteiger partial charge >= 0.3 is 12.0 Å². The molecule has 0 unspecified atom stereocenters. The second kappa shape index (κ2) is 6.15. The zero-order valence-electron chi connectivity index (χ0n) is 10.6. The Bertz CT molecular complexity index is 686. The summed E-state index contributed by atoms with van der Waals surface area (Å²) in [6.07, 6.45) is 0. The fourth-order valence-corrected chi connectivity index (χ4v) is 1.74. The van der Waals surface area contributed by atoms with Crippen molar-refractivity contribution in [1.29, 1.82) is 0 Å². The second-order valence-corrected chi connectivity index (χ2v) is 4.56. The minimum Gasteiger partial charge on any atom is -0.507 e. The fourth-order valence-electron chi connectivity index (χ4n) is 1.61. The number of hydrogen-bond donors (Lipinski definition) is 4. The van der Waals surface area contributed by atoms with Crippen LogP contribution in [0.2, 0.25) is 5.02 Å².